The van der Waals surface area contributed by atoms with Gasteiger partial charge in [-0.25, -0.2) is 0 Å². The molecule has 0 aliphatic rings. The van der Waals surface area contributed by atoms with E-state index in [4.69, 9.17) is 5.73 Å². The lowest BCUT2D eigenvalue weighted by Gasteiger charge is -2.09. The minimum absolute atomic E-state index is 0. The van der Waals surface area contributed by atoms with Crippen LogP contribution in [0.4, 0.5) is 11.4 Å². The SMILES string of the molecule is Cc1ccc([N+](=O)[O-])cc1NC(=O)[C@H](C)N.Cl. The van der Waals surface area contributed by atoms with Gasteiger partial charge < -0.3 is 11.1 Å². The van der Waals surface area contributed by atoms with E-state index in [0.717, 1.165) is 5.56 Å². The van der Waals surface area contributed by atoms with Crippen molar-refractivity contribution in [3.05, 3.63) is 33.9 Å². The monoisotopic (exact) mass is 259 g/mol. The number of non-ortho nitro benzene ring substituents is 1. The van der Waals surface area contributed by atoms with E-state index in [0.29, 0.717) is 5.69 Å². The Hall–Kier alpha value is -1.66. The molecule has 1 rings (SSSR count). The van der Waals surface area contributed by atoms with Gasteiger partial charge in [0.2, 0.25) is 5.91 Å². The Balaban J connectivity index is 0.00000256. The van der Waals surface area contributed by atoms with E-state index >= 15 is 0 Å². The minimum Gasteiger partial charge on any atom is -0.324 e. The van der Waals surface area contributed by atoms with E-state index in [-0.39, 0.29) is 24.0 Å². The zero-order valence-corrected chi connectivity index (χ0v) is 10.3. The lowest BCUT2D eigenvalue weighted by Crippen LogP contribution is -2.32. The molecule has 0 radical (unpaired) electrons. The zero-order valence-electron chi connectivity index (χ0n) is 9.47. The Morgan fingerprint density at radius 3 is 2.59 bits per heavy atom. The molecule has 0 aliphatic heterocycles. The number of nitro groups is 1. The number of halogens is 1. The Morgan fingerprint density at radius 1 is 1.53 bits per heavy atom. The number of nitrogens with zero attached hydrogens (tertiary/aromatic N) is 1. The van der Waals surface area contributed by atoms with Gasteiger partial charge in [-0.1, -0.05) is 6.07 Å². The molecule has 0 unspecified atom stereocenters. The van der Waals surface area contributed by atoms with Crippen LogP contribution in [0.25, 0.3) is 0 Å². The van der Waals surface area contributed by atoms with Crippen LogP contribution in [-0.4, -0.2) is 16.9 Å². The molecule has 0 fully saturated rings. The van der Waals surface area contributed by atoms with E-state index < -0.39 is 11.0 Å². The molecule has 17 heavy (non-hydrogen) atoms. The Bertz CT molecular complexity index is 435. The molecular formula is C10H14ClN3O3. The number of nitrogens with two attached hydrogens (primary N) is 1. The number of benzene rings is 1. The number of anilines is 1. The molecule has 0 saturated carbocycles. The number of hydrogen-bond donors (Lipinski definition) is 2. The van der Waals surface area contributed by atoms with Gasteiger partial charge in [-0.05, 0) is 19.4 Å². The third kappa shape index (κ3) is 4.01. The molecule has 0 aromatic heterocycles. The fraction of sp³-hybridized carbons (Fsp3) is 0.300. The Kier molecular flexibility index (Phi) is 5.57. The third-order valence-corrected chi connectivity index (χ3v) is 2.10. The third-order valence-electron chi connectivity index (χ3n) is 2.10. The minimum atomic E-state index is -0.654. The number of nitro benzene ring substituents is 1. The normalized spacial score (nSPS) is 11.2. The highest BCUT2D eigenvalue weighted by Crippen LogP contribution is 2.21. The number of hydrogen-bond acceptors (Lipinski definition) is 4. The summed E-state index contributed by atoms with van der Waals surface area (Å²) in [5, 5.41) is 13.1. The first kappa shape index (κ1) is 15.3. The molecule has 3 N–H and O–H groups in total. The molecule has 1 aromatic rings. The van der Waals surface area contributed by atoms with Crippen LogP contribution in [0.5, 0.6) is 0 Å². The predicted molar refractivity (Wildman–Crippen MR) is 67.4 cm³/mol. The Labute approximate surface area is 105 Å². The van der Waals surface area contributed by atoms with Crippen molar-refractivity contribution >= 4 is 29.7 Å². The van der Waals surface area contributed by atoms with Gasteiger partial charge in [0.15, 0.2) is 0 Å². The van der Waals surface area contributed by atoms with Gasteiger partial charge in [-0.2, -0.15) is 0 Å². The van der Waals surface area contributed by atoms with Gasteiger partial charge in [-0.15, -0.1) is 12.4 Å². The maximum atomic E-state index is 11.3. The molecule has 7 heteroatoms. The first-order chi connectivity index (χ1) is 7.41. The number of amides is 1. The molecule has 0 aliphatic carbocycles. The summed E-state index contributed by atoms with van der Waals surface area (Å²) in [6.07, 6.45) is 0. The van der Waals surface area contributed by atoms with E-state index in [9.17, 15) is 14.9 Å². The smallest absolute Gasteiger partial charge is 0.271 e. The van der Waals surface area contributed by atoms with Gasteiger partial charge in [0, 0.05) is 12.1 Å². The van der Waals surface area contributed by atoms with E-state index in [1.807, 2.05) is 0 Å². The fourth-order valence-corrected chi connectivity index (χ4v) is 1.10. The van der Waals surface area contributed by atoms with Crippen LogP contribution < -0.4 is 11.1 Å². The summed E-state index contributed by atoms with van der Waals surface area (Å²) >= 11 is 0. The largest absolute Gasteiger partial charge is 0.324 e. The van der Waals surface area contributed by atoms with Gasteiger partial charge in [0.25, 0.3) is 5.69 Å². The lowest BCUT2D eigenvalue weighted by molar-refractivity contribution is -0.384. The van der Waals surface area contributed by atoms with Crippen LogP contribution in [0.2, 0.25) is 0 Å². The van der Waals surface area contributed by atoms with E-state index in [1.54, 1.807) is 19.9 Å². The van der Waals surface area contributed by atoms with Gasteiger partial charge in [0.05, 0.1) is 16.7 Å². The highest BCUT2D eigenvalue weighted by Gasteiger charge is 2.12. The summed E-state index contributed by atoms with van der Waals surface area (Å²) in [6, 6.07) is 3.63. The van der Waals surface area contributed by atoms with E-state index in [1.165, 1.54) is 12.1 Å². The van der Waals surface area contributed by atoms with Gasteiger partial charge >= 0.3 is 0 Å². The molecule has 0 bridgehead atoms. The first-order valence-electron chi connectivity index (χ1n) is 4.73. The molecule has 1 amide bonds. The van der Waals surface area contributed by atoms with Crippen LogP contribution in [0, 0.1) is 17.0 Å². The first-order valence-corrected chi connectivity index (χ1v) is 4.73. The second-order valence-corrected chi connectivity index (χ2v) is 3.53. The maximum absolute atomic E-state index is 11.3. The average Bonchev–Trinajstić information content (AvgIpc) is 2.20. The molecule has 6 nitrogen and oxygen atoms in total. The van der Waals surface area contributed by atoms with Crippen molar-refractivity contribution in [2.24, 2.45) is 5.73 Å². The number of aryl methyl sites for hydroxylation is 1. The van der Waals surface area contributed by atoms with Crippen molar-refractivity contribution in [1.82, 2.24) is 0 Å². The highest BCUT2D eigenvalue weighted by molar-refractivity contribution is 5.95. The summed E-state index contributed by atoms with van der Waals surface area (Å²) in [4.78, 5) is 21.4. The molecule has 0 heterocycles. The van der Waals surface area contributed by atoms with Crippen LogP contribution in [-0.2, 0) is 4.79 Å². The topological polar surface area (TPSA) is 98.3 Å². The fourth-order valence-electron chi connectivity index (χ4n) is 1.10. The molecule has 1 aromatic carbocycles. The summed E-state index contributed by atoms with van der Waals surface area (Å²) in [6.45, 7) is 3.29. The van der Waals surface area contributed by atoms with Crippen molar-refractivity contribution in [3.63, 3.8) is 0 Å². The van der Waals surface area contributed by atoms with Gasteiger partial charge in [0.1, 0.15) is 0 Å². The molecule has 0 spiro atoms. The van der Waals surface area contributed by atoms with Crippen LogP contribution >= 0.6 is 12.4 Å². The molecule has 1 atom stereocenters. The van der Waals surface area contributed by atoms with E-state index in [2.05, 4.69) is 5.32 Å². The highest BCUT2D eigenvalue weighted by atomic mass is 35.5. The standard InChI is InChI=1S/C10H13N3O3.ClH/c1-6-3-4-8(13(15)16)5-9(6)12-10(14)7(2)11;/h3-5,7H,11H2,1-2H3,(H,12,14);1H/t7-;/m0./s1. The predicted octanol–water partition coefficient (Wildman–Crippen LogP) is 1.61. The molecule has 0 saturated heterocycles. The second kappa shape index (κ2) is 6.17. The molecule has 94 valence electrons. The average molecular weight is 260 g/mol. The van der Waals surface area contributed by atoms with Crippen LogP contribution in [0.3, 0.4) is 0 Å². The van der Waals surface area contributed by atoms with Crippen LogP contribution in [0.1, 0.15) is 12.5 Å². The van der Waals surface area contributed by atoms with Crippen molar-refractivity contribution < 1.29 is 9.72 Å². The number of carbonyl (C=O) groups excluding carboxylic acids is 1. The van der Waals surface area contributed by atoms with Crippen molar-refractivity contribution in [1.29, 1.82) is 0 Å². The maximum Gasteiger partial charge on any atom is 0.271 e. The number of carbonyl (C=O) groups is 1. The quantitative estimate of drug-likeness (QED) is 0.636. The summed E-state index contributed by atoms with van der Waals surface area (Å²) in [7, 11) is 0. The zero-order chi connectivity index (χ0) is 12.3. The van der Waals surface area contributed by atoms with Crippen molar-refractivity contribution in [2.75, 3.05) is 5.32 Å². The lowest BCUT2D eigenvalue weighted by atomic mass is 10.1. The summed E-state index contributed by atoms with van der Waals surface area (Å²) < 4.78 is 0. The second-order valence-electron chi connectivity index (χ2n) is 3.53. The van der Waals surface area contributed by atoms with Crippen LogP contribution in [0.15, 0.2) is 18.2 Å². The number of rotatable bonds is 3. The van der Waals surface area contributed by atoms with Crippen molar-refractivity contribution in [3.8, 4) is 0 Å². The Morgan fingerprint density at radius 2 is 2.12 bits per heavy atom. The number of nitrogens with one attached hydrogen (secondary N) is 1. The summed E-state index contributed by atoms with van der Waals surface area (Å²) in [5.74, 6) is -0.372. The molecular weight excluding hydrogens is 246 g/mol. The van der Waals surface area contributed by atoms with Crippen molar-refractivity contribution in [2.45, 2.75) is 19.9 Å². The summed E-state index contributed by atoms with van der Waals surface area (Å²) in [5.41, 5.74) is 6.48. The van der Waals surface area contributed by atoms with Gasteiger partial charge in [-0.3, -0.25) is 14.9 Å².